The van der Waals surface area contributed by atoms with Gasteiger partial charge in [-0.15, -0.1) is 0 Å². The van der Waals surface area contributed by atoms with E-state index in [0.717, 1.165) is 23.4 Å². The van der Waals surface area contributed by atoms with Crippen LogP contribution >= 0.6 is 0 Å². The highest BCUT2D eigenvalue weighted by molar-refractivity contribution is 5.77. The molecule has 0 unspecified atom stereocenters. The van der Waals surface area contributed by atoms with Crippen LogP contribution in [-0.2, 0) is 11.0 Å². The number of nitrogens with zero attached hydrogens (tertiary/aromatic N) is 1. The van der Waals surface area contributed by atoms with Crippen molar-refractivity contribution in [2.24, 2.45) is 0 Å². The first-order valence-corrected chi connectivity index (χ1v) is 5.62. The van der Waals surface area contributed by atoms with E-state index >= 15 is 0 Å². The molecule has 1 aliphatic heterocycles. The fraction of sp³-hybridized carbons (Fsp3) is 0.615. The minimum Gasteiger partial charge on any atom is -0.476 e. The lowest BCUT2D eigenvalue weighted by atomic mass is 9.87. The lowest BCUT2D eigenvalue weighted by molar-refractivity contribution is 0.110. The smallest absolute Gasteiger partial charge is 0.194 e. The van der Waals surface area contributed by atoms with Crippen LogP contribution in [0.25, 0.3) is 0 Å². The van der Waals surface area contributed by atoms with E-state index in [1.54, 1.807) is 0 Å². The topological polar surface area (TPSA) is 31.2 Å². The van der Waals surface area contributed by atoms with Crippen molar-refractivity contribution in [2.75, 3.05) is 6.61 Å². The molecule has 0 atom stereocenters. The molecular formula is C13H19NO2. The summed E-state index contributed by atoms with van der Waals surface area (Å²) in [6, 6.07) is 2.00. The van der Waals surface area contributed by atoms with E-state index < -0.39 is 0 Å². The molecule has 0 bridgehead atoms. The van der Waals surface area contributed by atoms with Crippen LogP contribution < -0.4 is 4.74 Å². The molecule has 0 fully saturated rings. The molecule has 0 aliphatic carbocycles. The number of ether oxygens (including phenoxy) is 1. The van der Waals surface area contributed by atoms with E-state index in [2.05, 4.69) is 34.6 Å². The summed E-state index contributed by atoms with van der Waals surface area (Å²) in [4.78, 5) is 11.3. The predicted octanol–water partition coefficient (Wildman–Crippen LogP) is 2.73. The normalized spacial score (nSPS) is 18.1. The molecule has 3 nitrogen and oxygen atoms in total. The van der Waals surface area contributed by atoms with Crippen LogP contribution in [0, 0.1) is 0 Å². The molecule has 0 spiro atoms. The van der Waals surface area contributed by atoms with Gasteiger partial charge < -0.3 is 9.30 Å². The van der Waals surface area contributed by atoms with Gasteiger partial charge in [-0.2, -0.15) is 0 Å². The van der Waals surface area contributed by atoms with Gasteiger partial charge in [-0.25, -0.2) is 0 Å². The van der Waals surface area contributed by atoms with Gasteiger partial charge in [0, 0.05) is 6.07 Å². The minimum atomic E-state index is -0.130. The Morgan fingerprint density at radius 3 is 2.56 bits per heavy atom. The zero-order valence-electron chi connectivity index (χ0n) is 10.6. The van der Waals surface area contributed by atoms with Gasteiger partial charge in [-0.05, 0) is 24.8 Å². The zero-order chi connectivity index (χ0) is 12.1. The molecule has 0 amide bonds. The van der Waals surface area contributed by atoms with Crippen molar-refractivity contribution in [1.82, 2.24) is 4.57 Å². The number of hydrogen-bond donors (Lipinski definition) is 0. The van der Waals surface area contributed by atoms with Crippen LogP contribution in [0.2, 0.25) is 0 Å². The molecule has 1 aromatic rings. The first kappa shape index (κ1) is 11.2. The molecule has 1 aliphatic rings. The SMILES string of the molecule is CC(C)(C)c1cc2n(c1C=O)C(C)(C)CO2. The third-order valence-electron chi connectivity index (χ3n) is 3.10. The van der Waals surface area contributed by atoms with Crippen LogP contribution in [0.5, 0.6) is 5.88 Å². The van der Waals surface area contributed by atoms with Gasteiger partial charge in [0.05, 0.1) is 11.2 Å². The molecular weight excluding hydrogens is 202 g/mol. The summed E-state index contributed by atoms with van der Waals surface area (Å²) in [7, 11) is 0. The van der Waals surface area contributed by atoms with Crippen LogP contribution in [0.3, 0.4) is 0 Å². The van der Waals surface area contributed by atoms with Crippen LogP contribution in [-0.4, -0.2) is 17.5 Å². The standard InChI is InChI=1S/C13H19NO2/c1-12(2,3)9-6-11-14(10(9)7-15)13(4,5)8-16-11/h6-7H,8H2,1-5H3. The Balaban J connectivity index is 2.67. The average molecular weight is 221 g/mol. The molecule has 88 valence electrons. The number of fused-ring (bicyclic) bond motifs is 1. The summed E-state index contributed by atoms with van der Waals surface area (Å²) < 4.78 is 7.65. The molecule has 0 aromatic carbocycles. The van der Waals surface area contributed by atoms with Gasteiger partial charge >= 0.3 is 0 Å². The summed E-state index contributed by atoms with van der Waals surface area (Å²) in [5, 5.41) is 0. The number of rotatable bonds is 1. The van der Waals surface area contributed by atoms with Crippen molar-refractivity contribution in [1.29, 1.82) is 0 Å². The first-order valence-electron chi connectivity index (χ1n) is 5.62. The largest absolute Gasteiger partial charge is 0.476 e. The monoisotopic (exact) mass is 221 g/mol. The molecule has 2 heterocycles. The van der Waals surface area contributed by atoms with Crippen LogP contribution in [0.4, 0.5) is 0 Å². The van der Waals surface area contributed by atoms with Crippen molar-refractivity contribution >= 4 is 6.29 Å². The second-order valence-corrected chi connectivity index (χ2v) is 6.09. The van der Waals surface area contributed by atoms with E-state index in [0.29, 0.717) is 6.61 Å². The highest BCUT2D eigenvalue weighted by Crippen LogP contribution is 2.39. The van der Waals surface area contributed by atoms with Crippen molar-refractivity contribution in [3.63, 3.8) is 0 Å². The van der Waals surface area contributed by atoms with Gasteiger partial charge in [0.2, 0.25) is 0 Å². The summed E-state index contributed by atoms with van der Waals surface area (Å²) in [6.45, 7) is 11.1. The predicted molar refractivity (Wildman–Crippen MR) is 63.3 cm³/mol. The van der Waals surface area contributed by atoms with E-state index in [1.165, 1.54) is 0 Å². The molecule has 0 N–H and O–H groups in total. The number of carbonyl (C=O) groups is 1. The average Bonchev–Trinajstić information content (AvgIpc) is 2.64. The quantitative estimate of drug-likeness (QED) is 0.683. The number of hydrogen-bond acceptors (Lipinski definition) is 2. The Labute approximate surface area is 96.4 Å². The van der Waals surface area contributed by atoms with E-state index in [1.807, 2.05) is 10.6 Å². The third kappa shape index (κ3) is 1.46. The zero-order valence-corrected chi connectivity index (χ0v) is 10.6. The fourth-order valence-electron chi connectivity index (χ4n) is 2.26. The van der Waals surface area contributed by atoms with Crippen molar-refractivity contribution < 1.29 is 9.53 Å². The van der Waals surface area contributed by atoms with E-state index in [9.17, 15) is 4.79 Å². The molecule has 3 heteroatoms. The van der Waals surface area contributed by atoms with Crippen molar-refractivity contribution in [2.45, 2.75) is 45.6 Å². The lowest BCUT2D eigenvalue weighted by Crippen LogP contribution is -2.28. The molecule has 2 rings (SSSR count). The molecule has 0 saturated carbocycles. The molecule has 1 aromatic heterocycles. The molecule has 0 radical (unpaired) electrons. The molecule has 0 saturated heterocycles. The summed E-state index contributed by atoms with van der Waals surface area (Å²) in [5.74, 6) is 0.817. The van der Waals surface area contributed by atoms with Gasteiger partial charge in [0.1, 0.15) is 6.61 Å². The second kappa shape index (κ2) is 3.12. The maximum Gasteiger partial charge on any atom is 0.194 e. The Hall–Kier alpha value is -1.25. The summed E-state index contributed by atoms with van der Waals surface area (Å²) >= 11 is 0. The van der Waals surface area contributed by atoms with Crippen LogP contribution in [0.15, 0.2) is 6.07 Å². The maximum atomic E-state index is 11.3. The summed E-state index contributed by atoms with van der Waals surface area (Å²) in [6.07, 6.45) is 0.945. The van der Waals surface area contributed by atoms with Crippen LogP contribution in [0.1, 0.15) is 50.7 Å². The molecule has 16 heavy (non-hydrogen) atoms. The second-order valence-electron chi connectivity index (χ2n) is 6.09. The highest BCUT2D eigenvalue weighted by atomic mass is 16.5. The Bertz CT molecular complexity index is 436. The van der Waals surface area contributed by atoms with Crippen molar-refractivity contribution in [3.05, 3.63) is 17.3 Å². The van der Waals surface area contributed by atoms with Gasteiger partial charge in [0.15, 0.2) is 12.2 Å². The summed E-state index contributed by atoms with van der Waals surface area (Å²) in [5.41, 5.74) is 1.65. The van der Waals surface area contributed by atoms with Crippen molar-refractivity contribution in [3.8, 4) is 5.88 Å². The van der Waals surface area contributed by atoms with Gasteiger partial charge in [-0.3, -0.25) is 4.79 Å². The highest BCUT2D eigenvalue weighted by Gasteiger charge is 2.36. The van der Waals surface area contributed by atoms with Gasteiger partial charge in [-0.1, -0.05) is 20.8 Å². The maximum absolute atomic E-state index is 11.3. The number of carbonyl (C=O) groups excluding carboxylic acids is 1. The van der Waals surface area contributed by atoms with E-state index in [-0.39, 0.29) is 11.0 Å². The Morgan fingerprint density at radius 2 is 2.06 bits per heavy atom. The number of aromatic nitrogens is 1. The number of aldehydes is 1. The first-order chi connectivity index (χ1) is 7.27. The van der Waals surface area contributed by atoms with Gasteiger partial charge in [0.25, 0.3) is 0 Å². The lowest BCUT2D eigenvalue weighted by Gasteiger charge is -2.23. The fourth-order valence-corrected chi connectivity index (χ4v) is 2.26. The Morgan fingerprint density at radius 1 is 1.44 bits per heavy atom. The third-order valence-corrected chi connectivity index (χ3v) is 3.10. The minimum absolute atomic E-state index is 0.0347. The Kier molecular flexibility index (Phi) is 2.19. The van der Waals surface area contributed by atoms with E-state index in [4.69, 9.17) is 4.74 Å².